The molecule has 0 radical (unpaired) electrons. The van der Waals surface area contributed by atoms with E-state index in [1.807, 2.05) is 75.6 Å². The molecule has 36 heavy (non-hydrogen) atoms. The van der Waals surface area contributed by atoms with E-state index in [9.17, 15) is 9.18 Å². The molecule has 0 atom stereocenters. The molecule has 0 spiro atoms. The van der Waals surface area contributed by atoms with E-state index >= 15 is 0 Å². The first kappa shape index (κ1) is 23.8. The number of likely N-dealkylation sites (N-methyl/N-ethyl adjacent to an activating group) is 1. The van der Waals surface area contributed by atoms with E-state index in [0.29, 0.717) is 24.0 Å². The van der Waals surface area contributed by atoms with Gasteiger partial charge in [-0.05, 0) is 73.6 Å². The van der Waals surface area contributed by atoms with E-state index in [0.717, 1.165) is 33.3 Å². The number of aryl methyl sites for hydroxylation is 2. The van der Waals surface area contributed by atoms with Crippen LogP contribution in [0.25, 0.3) is 17.0 Å². The normalized spacial score (nSPS) is 14.9. The van der Waals surface area contributed by atoms with Gasteiger partial charge in [0.25, 0.3) is 5.91 Å². The third kappa shape index (κ3) is 4.27. The Hall–Kier alpha value is -3.97. The number of aromatic nitrogens is 1. The summed E-state index contributed by atoms with van der Waals surface area (Å²) in [7, 11) is 1.81. The SMILES string of the molecule is Cc1ccc(N2C(=O)/C(=C/c3cn(CCOc4ccccc4F)c4ccccc34)N(C)C2=S)cc1C. The van der Waals surface area contributed by atoms with Crippen molar-refractivity contribution in [2.45, 2.75) is 20.4 Å². The van der Waals surface area contributed by atoms with E-state index in [1.54, 1.807) is 28.0 Å². The highest BCUT2D eigenvalue weighted by Crippen LogP contribution is 2.31. The van der Waals surface area contributed by atoms with Crippen molar-refractivity contribution >= 4 is 45.9 Å². The number of anilines is 1. The van der Waals surface area contributed by atoms with Crippen LogP contribution in [0.4, 0.5) is 10.1 Å². The van der Waals surface area contributed by atoms with Crippen molar-refractivity contribution in [1.29, 1.82) is 0 Å². The summed E-state index contributed by atoms with van der Waals surface area (Å²) in [6.45, 7) is 4.89. The summed E-state index contributed by atoms with van der Waals surface area (Å²) in [5.74, 6) is -0.313. The smallest absolute Gasteiger partial charge is 0.281 e. The van der Waals surface area contributed by atoms with E-state index < -0.39 is 0 Å². The van der Waals surface area contributed by atoms with E-state index in [1.165, 1.54) is 6.07 Å². The quantitative estimate of drug-likeness (QED) is 0.238. The maximum Gasteiger partial charge on any atom is 0.281 e. The lowest BCUT2D eigenvalue weighted by Gasteiger charge is -2.17. The van der Waals surface area contributed by atoms with Crippen LogP contribution in [0.3, 0.4) is 0 Å². The van der Waals surface area contributed by atoms with Gasteiger partial charge in [0.2, 0.25) is 0 Å². The molecule has 0 bridgehead atoms. The molecule has 1 aliphatic rings. The average molecular weight is 500 g/mol. The van der Waals surface area contributed by atoms with Gasteiger partial charge in [-0.3, -0.25) is 9.69 Å². The van der Waals surface area contributed by atoms with Crippen LogP contribution in [0, 0.1) is 19.7 Å². The molecule has 2 heterocycles. The molecule has 1 amide bonds. The van der Waals surface area contributed by atoms with E-state index in [-0.39, 0.29) is 17.5 Å². The number of rotatable bonds is 6. The van der Waals surface area contributed by atoms with Crippen LogP contribution < -0.4 is 9.64 Å². The zero-order chi connectivity index (χ0) is 25.4. The Morgan fingerprint density at radius 3 is 2.53 bits per heavy atom. The Balaban J connectivity index is 1.45. The maximum absolute atomic E-state index is 13.9. The summed E-state index contributed by atoms with van der Waals surface area (Å²) >= 11 is 5.64. The number of hydrogen-bond donors (Lipinski definition) is 0. The molecule has 1 aliphatic heterocycles. The fourth-order valence-corrected chi connectivity index (χ4v) is 4.67. The fraction of sp³-hybridized carbons (Fsp3) is 0.172. The number of carbonyl (C=O) groups is 1. The number of amides is 1. The number of hydrogen-bond acceptors (Lipinski definition) is 3. The molecule has 4 aromatic rings. The summed E-state index contributed by atoms with van der Waals surface area (Å²) in [5.41, 5.74) is 5.43. The zero-order valence-corrected chi connectivity index (χ0v) is 21.2. The third-order valence-corrected chi connectivity index (χ3v) is 7.00. The Kier molecular flexibility index (Phi) is 6.33. The largest absolute Gasteiger partial charge is 0.489 e. The first-order valence-electron chi connectivity index (χ1n) is 11.7. The average Bonchev–Trinajstić information content (AvgIpc) is 3.32. The second-order valence-corrected chi connectivity index (χ2v) is 9.22. The molecule has 182 valence electrons. The summed E-state index contributed by atoms with van der Waals surface area (Å²) in [5, 5.41) is 1.45. The first-order valence-corrected chi connectivity index (χ1v) is 12.1. The minimum Gasteiger partial charge on any atom is -0.489 e. The monoisotopic (exact) mass is 499 g/mol. The minimum absolute atomic E-state index is 0.162. The second-order valence-electron chi connectivity index (χ2n) is 8.85. The van der Waals surface area contributed by atoms with Crippen LogP contribution in [0.1, 0.15) is 16.7 Å². The summed E-state index contributed by atoms with van der Waals surface area (Å²) in [6, 6.07) is 20.3. The number of para-hydroxylation sites is 2. The molecule has 0 unspecified atom stereocenters. The van der Waals surface area contributed by atoms with Crippen molar-refractivity contribution in [3.8, 4) is 5.75 Å². The highest BCUT2D eigenvalue weighted by molar-refractivity contribution is 7.80. The van der Waals surface area contributed by atoms with Gasteiger partial charge in [0, 0.05) is 29.7 Å². The lowest BCUT2D eigenvalue weighted by atomic mass is 10.1. The van der Waals surface area contributed by atoms with Gasteiger partial charge in [-0.2, -0.15) is 0 Å². The number of thiocarbonyl (C=S) groups is 1. The van der Waals surface area contributed by atoms with Crippen molar-refractivity contribution < 1.29 is 13.9 Å². The summed E-state index contributed by atoms with van der Waals surface area (Å²) in [4.78, 5) is 16.8. The maximum atomic E-state index is 13.9. The van der Waals surface area contributed by atoms with Gasteiger partial charge in [-0.1, -0.05) is 36.4 Å². The summed E-state index contributed by atoms with van der Waals surface area (Å²) in [6.07, 6.45) is 3.87. The summed E-state index contributed by atoms with van der Waals surface area (Å²) < 4.78 is 21.6. The number of fused-ring (bicyclic) bond motifs is 1. The van der Waals surface area contributed by atoms with Crippen molar-refractivity contribution in [3.63, 3.8) is 0 Å². The standard InChI is InChI=1S/C29H26FN3O2S/c1-19-12-13-22(16-20(19)2)33-28(34)26(31(3)29(33)36)17-21-18-32(25-10-6-4-8-23(21)25)14-15-35-27-11-7-5-9-24(27)30/h4-13,16-18H,14-15H2,1-3H3/b26-17-. The highest BCUT2D eigenvalue weighted by Gasteiger charge is 2.37. The molecule has 3 aromatic carbocycles. The first-order chi connectivity index (χ1) is 17.3. The number of nitrogens with zero attached hydrogens (tertiary/aromatic N) is 3. The molecule has 1 saturated heterocycles. The van der Waals surface area contributed by atoms with Crippen molar-refractivity contribution in [2.24, 2.45) is 0 Å². The molecule has 0 saturated carbocycles. The van der Waals surface area contributed by atoms with Crippen LogP contribution in [0.2, 0.25) is 0 Å². The second kappa shape index (κ2) is 9.59. The Bertz CT molecular complexity index is 1520. The molecule has 0 N–H and O–H groups in total. The molecule has 7 heteroatoms. The Morgan fingerprint density at radius 2 is 1.75 bits per heavy atom. The molecule has 1 aromatic heterocycles. The van der Waals surface area contributed by atoms with Gasteiger partial charge in [-0.15, -0.1) is 0 Å². The lowest BCUT2D eigenvalue weighted by molar-refractivity contribution is -0.114. The van der Waals surface area contributed by atoms with Crippen molar-refractivity contribution in [3.05, 3.63) is 101 Å². The van der Waals surface area contributed by atoms with Gasteiger partial charge in [0.05, 0.1) is 12.2 Å². The number of halogens is 1. The molecular formula is C29H26FN3O2S. The van der Waals surface area contributed by atoms with Crippen LogP contribution in [0.5, 0.6) is 5.75 Å². The number of carbonyl (C=O) groups excluding carboxylic acids is 1. The van der Waals surface area contributed by atoms with Crippen molar-refractivity contribution in [2.75, 3.05) is 18.6 Å². The minimum atomic E-state index is -0.382. The van der Waals surface area contributed by atoms with Crippen LogP contribution in [-0.4, -0.2) is 34.1 Å². The van der Waals surface area contributed by atoms with Gasteiger partial charge < -0.3 is 14.2 Å². The van der Waals surface area contributed by atoms with Gasteiger partial charge >= 0.3 is 0 Å². The Labute approximate surface area is 215 Å². The molecule has 5 rings (SSSR count). The topological polar surface area (TPSA) is 37.7 Å². The fourth-order valence-electron chi connectivity index (χ4n) is 4.39. The van der Waals surface area contributed by atoms with Crippen LogP contribution in [0.15, 0.2) is 78.6 Å². The van der Waals surface area contributed by atoms with Gasteiger partial charge in [0.15, 0.2) is 16.7 Å². The predicted molar refractivity (Wildman–Crippen MR) is 146 cm³/mol. The van der Waals surface area contributed by atoms with Crippen molar-refractivity contribution in [1.82, 2.24) is 9.47 Å². The number of ether oxygens (including phenoxy) is 1. The van der Waals surface area contributed by atoms with E-state index in [4.69, 9.17) is 17.0 Å². The number of benzene rings is 3. The molecule has 1 fully saturated rings. The lowest BCUT2D eigenvalue weighted by Crippen LogP contribution is -2.31. The van der Waals surface area contributed by atoms with Gasteiger partial charge in [-0.25, -0.2) is 4.39 Å². The molecular weight excluding hydrogens is 473 g/mol. The van der Waals surface area contributed by atoms with Gasteiger partial charge in [0.1, 0.15) is 12.3 Å². The molecule has 0 aliphatic carbocycles. The van der Waals surface area contributed by atoms with E-state index in [2.05, 4.69) is 4.57 Å². The zero-order valence-electron chi connectivity index (χ0n) is 20.4. The third-order valence-electron chi connectivity index (χ3n) is 6.55. The predicted octanol–water partition coefficient (Wildman–Crippen LogP) is 6.08. The Morgan fingerprint density at radius 1 is 1.00 bits per heavy atom. The van der Waals surface area contributed by atoms with Crippen LogP contribution >= 0.6 is 12.2 Å². The highest BCUT2D eigenvalue weighted by atomic mass is 32.1. The molecule has 5 nitrogen and oxygen atoms in total. The van der Waals surface area contributed by atoms with Crippen LogP contribution in [-0.2, 0) is 11.3 Å².